The van der Waals surface area contributed by atoms with Crippen LogP contribution >= 0.6 is 0 Å². The van der Waals surface area contributed by atoms with Gasteiger partial charge in [0.2, 0.25) is 5.91 Å². The van der Waals surface area contributed by atoms with Crippen LogP contribution in [0.4, 0.5) is 0 Å². The molecule has 0 bridgehead atoms. The summed E-state index contributed by atoms with van der Waals surface area (Å²) in [7, 11) is 0. The summed E-state index contributed by atoms with van der Waals surface area (Å²) in [6.07, 6.45) is 4.58. The lowest BCUT2D eigenvalue weighted by atomic mass is 9.68. The van der Waals surface area contributed by atoms with Crippen molar-refractivity contribution in [3.63, 3.8) is 0 Å². The summed E-state index contributed by atoms with van der Waals surface area (Å²) < 4.78 is 0. The summed E-state index contributed by atoms with van der Waals surface area (Å²) in [5.41, 5.74) is 0.381. The molecule has 2 aliphatic rings. The SMILES string of the molecule is CCC1CN(C(=O)C2(C)CC2)CCC1C(C)(C)C. The lowest BCUT2D eigenvalue weighted by molar-refractivity contribution is -0.140. The molecular weight excluding hydrogens is 222 g/mol. The van der Waals surface area contributed by atoms with Gasteiger partial charge in [-0.2, -0.15) is 0 Å². The number of hydrogen-bond donors (Lipinski definition) is 0. The molecule has 1 heterocycles. The molecule has 2 unspecified atom stereocenters. The fourth-order valence-electron chi connectivity index (χ4n) is 3.55. The molecule has 2 heteroatoms. The first-order valence-corrected chi connectivity index (χ1v) is 7.57. The van der Waals surface area contributed by atoms with Crippen LogP contribution in [-0.4, -0.2) is 23.9 Å². The van der Waals surface area contributed by atoms with Crippen molar-refractivity contribution >= 4 is 5.91 Å². The predicted octanol–water partition coefficient (Wildman–Crippen LogP) is 3.71. The Labute approximate surface area is 112 Å². The summed E-state index contributed by atoms with van der Waals surface area (Å²) in [4.78, 5) is 14.6. The van der Waals surface area contributed by atoms with Gasteiger partial charge in [0, 0.05) is 18.5 Å². The van der Waals surface area contributed by atoms with Crippen LogP contribution in [0.1, 0.15) is 60.3 Å². The molecule has 2 rings (SSSR count). The molecule has 0 aromatic carbocycles. The highest BCUT2D eigenvalue weighted by Gasteiger charge is 2.48. The van der Waals surface area contributed by atoms with Gasteiger partial charge in [-0.15, -0.1) is 0 Å². The molecule has 1 amide bonds. The summed E-state index contributed by atoms with van der Waals surface area (Å²) in [6.45, 7) is 13.4. The molecule has 0 spiro atoms. The van der Waals surface area contributed by atoms with Crippen molar-refractivity contribution in [2.24, 2.45) is 22.7 Å². The van der Waals surface area contributed by atoms with Crippen LogP contribution in [0, 0.1) is 22.7 Å². The van der Waals surface area contributed by atoms with Crippen LogP contribution in [0.3, 0.4) is 0 Å². The third-order valence-electron chi connectivity index (χ3n) is 5.17. The zero-order chi connectivity index (χ0) is 13.6. The van der Waals surface area contributed by atoms with Gasteiger partial charge in [-0.3, -0.25) is 4.79 Å². The van der Waals surface area contributed by atoms with Gasteiger partial charge in [0.15, 0.2) is 0 Å². The average Bonchev–Trinajstić information content (AvgIpc) is 3.05. The van der Waals surface area contributed by atoms with Gasteiger partial charge >= 0.3 is 0 Å². The van der Waals surface area contributed by atoms with Crippen LogP contribution in [0.15, 0.2) is 0 Å². The van der Waals surface area contributed by atoms with E-state index in [2.05, 4.69) is 39.5 Å². The number of hydrogen-bond acceptors (Lipinski definition) is 1. The number of amides is 1. The van der Waals surface area contributed by atoms with Gasteiger partial charge < -0.3 is 4.90 Å². The highest BCUT2D eigenvalue weighted by Crippen LogP contribution is 2.48. The largest absolute Gasteiger partial charge is 0.342 e. The highest BCUT2D eigenvalue weighted by atomic mass is 16.2. The van der Waals surface area contributed by atoms with Gasteiger partial charge in [0.25, 0.3) is 0 Å². The van der Waals surface area contributed by atoms with Gasteiger partial charge in [0.1, 0.15) is 0 Å². The molecule has 18 heavy (non-hydrogen) atoms. The van der Waals surface area contributed by atoms with E-state index in [0.29, 0.717) is 17.2 Å². The first-order valence-electron chi connectivity index (χ1n) is 7.57. The Kier molecular flexibility index (Phi) is 3.50. The highest BCUT2D eigenvalue weighted by molar-refractivity contribution is 5.85. The molecule has 0 N–H and O–H groups in total. The topological polar surface area (TPSA) is 20.3 Å². The maximum atomic E-state index is 12.4. The van der Waals surface area contributed by atoms with E-state index in [0.717, 1.165) is 31.8 Å². The lowest BCUT2D eigenvalue weighted by Crippen LogP contribution is -2.48. The summed E-state index contributed by atoms with van der Waals surface area (Å²) in [6, 6.07) is 0. The molecule has 1 aliphatic carbocycles. The minimum absolute atomic E-state index is 0.00681. The first-order chi connectivity index (χ1) is 8.28. The summed E-state index contributed by atoms with van der Waals surface area (Å²) in [5, 5.41) is 0. The van der Waals surface area contributed by atoms with E-state index < -0.39 is 0 Å². The molecule has 0 aromatic rings. The van der Waals surface area contributed by atoms with Crippen molar-refractivity contribution in [3.05, 3.63) is 0 Å². The van der Waals surface area contributed by atoms with Gasteiger partial charge in [-0.25, -0.2) is 0 Å². The van der Waals surface area contributed by atoms with Crippen molar-refractivity contribution in [2.45, 2.75) is 60.3 Å². The quantitative estimate of drug-likeness (QED) is 0.732. The maximum Gasteiger partial charge on any atom is 0.228 e. The summed E-state index contributed by atoms with van der Waals surface area (Å²) in [5.74, 6) is 1.87. The van der Waals surface area contributed by atoms with E-state index in [1.165, 1.54) is 12.8 Å². The fourth-order valence-corrected chi connectivity index (χ4v) is 3.55. The Balaban J connectivity index is 2.02. The van der Waals surface area contributed by atoms with Crippen molar-refractivity contribution < 1.29 is 4.79 Å². The van der Waals surface area contributed by atoms with Crippen LogP contribution in [0.25, 0.3) is 0 Å². The average molecular weight is 251 g/mol. The molecule has 2 fully saturated rings. The van der Waals surface area contributed by atoms with Gasteiger partial charge in [-0.1, -0.05) is 41.0 Å². The van der Waals surface area contributed by atoms with E-state index >= 15 is 0 Å². The van der Waals surface area contributed by atoms with E-state index in [9.17, 15) is 4.79 Å². The maximum absolute atomic E-state index is 12.4. The molecular formula is C16H29NO. The number of piperidine rings is 1. The van der Waals surface area contributed by atoms with E-state index in [4.69, 9.17) is 0 Å². The van der Waals surface area contributed by atoms with Crippen molar-refractivity contribution in [2.75, 3.05) is 13.1 Å². The minimum Gasteiger partial charge on any atom is -0.342 e. The summed E-state index contributed by atoms with van der Waals surface area (Å²) >= 11 is 0. The third kappa shape index (κ3) is 2.57. The van der Waals surface area contributed by atoms with Crippen LogP contribution < -0.4 is 0 Å². The number of nitrogens with zero attached hydrogens (tertiary/aromatic N) is 1. The Hall–Kier alpha value is -0.530. The molecule has 0 radical (unpaired) electrons. The van der Waals surface area contributed by atoms with Gasteiger partial charge in [-0.05, 0) is 36.5 Å². The van der Waals surface area contributed by atoms with Crippen LogP contribution in [0.2, 0.25) is 0 Å². The molecule has 1 saturated heterocycles. The molecule has 2 atom stereocenters. The third-order valence-corrected chi connectivity index (χ3v) is 5.17. The van der Waals surface area contributed by atoms with E-state index in [-0.39, 0.29) is 5.41 Å². The molecule has 0 aromatic heterocycles. The smallest absolute Gasteiger partial charge is 0.228 e. The second kappa shape index (κ2) is 4.54. The van der Waals surface area contributed by atoms with E-state index in [1.807, 2.05) is 0 Å². The fraction of sp³-hybridized carbons (Fsp3) is 0.938. The Morgan fingerprint density at radius 2 is 1.94 bits per heavy atom. The van der Waals surface area contributed by atoms with E-state index in [1.54, 1.807) is 0 Å². The second-order valence-electron chi connectivity index (χ2n) is 7.74. The standard InChI is InChI=1S/C16H29NO/c1-6-12-11-17(14(18)16(5)8-9-16)10-7-13(12)15(2,3)4/h12-13H,6-11H2,1-5H3. The second-order valence-corrected chi connectivity index (χ2v) is 7.74. The van der Waals surface area contributed by atoms with Gasteiger partial charge in [0.05, 0.1) is 0 Å². The van der Waals surface area contributed by atoms with Crippen LogP contribution in [-0.2, 0) is 4.79 Å². The molecule has 104 valence electrons. The number of carbonyl (C=O) groups excluding carboxylic acids is 1. The Morgan fingerprint density at radius 1 is 1.33 bits per heavy atom. The molecule has 1 saturated carbocycles. The van der Waals surface area contributed by atoms with Crippen molar-refractivity contribution in [3.8, 4) is 0 Å². The normalized spacial score (nSPS) is 31.3. The number of rotatable bonds is 2. The molecule has 2 nitrogen and oxygen atoms in total. The lowest BCUT2D eigenvalue weighted by Gasteiger charge is -2.45. The first kappa shape index (κ1) is 13.9. The number of likely N-dealkylation sites (tertiary alicyclic amines) is 1. The monoisotopic (exact) mass is 251 g/mol. The zero-order valence-electron chi connectivity index (χ0n) is 12.8. The van der Waals surface area contributed by atoms with Crippen molar-refractivity contribution in [1.29, 1.82) is 0 Å². The zero-order valence-corrected chi connectivity index (χ0v) is 12.8. The van der Waals surface area contributed by atoms with Crippen molar-refractivity contribution in [1.82, 2.24) is 4.90 Å². The van der Waals surface area contributed by atoms with Crippen LogP contribution in [0.5, 0.6) is 0 Å². The number of carbonyl (C=O) groups is 1. The predicted molar refractivity (Wildman–Crippen MR) is 75.3 cm³/mol. The Morgan fingerprint density at radius 3 is 2.39 bits per heavy atom. The Bertz CT molecular complexity index is 324. The minimum atomic E-state index is 0.00681. The molecule has 1 aliphatic heterocycles.